The SMILES string of the molecule is O=C1C(=O)N(CCCO)C(c2ccc(F)cc2)/C1=C(/O)c1ccc([N+](=O)[O-])cc1. The van der Waals surface area contributed by atoms with Crippen LogP contribution in [0.4, 0.5) is 10.1 Å². The molecule has 8 nitrogen and oxygen atoms in total. The van der Waals surface area contributed by atoms with E-state index in [1.807, 2.05) is 0 Å². The Bertz CT molecular complexity index is 985. The van der Waals surface area contributed by atoms with E-state index in [9.17, 15) is 29.2 Å². The van der Waals surface area contributed by atoms with Crippen molar-refractivity contribution in [3.63, 3.8) is 0 Å². The van der Waals surface area contributed by atoms with Gasteiger partial charge in [-0.2, -0.15) is 0 Å². The third-order valence-electron chi connectivity index (χ3n) is 4.63. The lowest BCUT2D eigenvalue weighted by molar-refractivity contribution is -0.384. The first kappa shape index (κ1) is 20.2. The molecule has 1 unspecified atom stereocenters. The minimum Gasteiger partial charge on any atom is -0.507 e. The fourth-order valence-electron chi connectivity index (χ4n) is 3.24. The summed E-state index contributed by atoms with van der Waals surface area (Å²) in [6.07, 6.45) is 0.211. The average molecular weight is 400 g/mol. The zero-order valence-corrected chi connectivity index (χ0v) is 15.1. The number of hydrogen-bond acceptors (Lipinski definition) is 6. The summed E-state index contributed by atoms with van der Waals surface area (Å²) in [6, 6.07) is 9.07. The van der Waals surface area contributed by atoms with Gasteiger partial charge in [0.1, 0.15) is 11.6 Å². The van der Waals surface area contributed by atoms with Crippen LogP contribution in [0.15, 0.2) is 54.1 Å². The van der Waals surface area contributed by atoms with Crippen LogP contribution in [-0.2, 0) is 9.59 Å². The quantitative estimate of drug-likeness (QED) is 0.253. The molecule has 1 heterocycles. The third-order valence-corrected chi connectivity index (χ3v) is 4.63. The van der Waals surface area contributed by atoms with Crippen molar-refractivity contribution in [2.24, 2.45) is 0 Å². The van der Waals surface area contributed by atoms with E-state index in [-0.39, 0.29) is 36.4 Å². The molecule has 1 aliphatic heterocycles. The van der Waals surface area contributed by atoms with Crippen LogP contribution in [0, 0.1) is 15.9 Å². The Morgan fingerprint density at radius 1 is 1.10 bits per heavy atom. The number of carbonyl (C=O) groups is 2. The standard InChI is InChI=1S/C20H17FN2O6/c21-14-6-2-12(3-7-14)17-16(19(26)20(27)22(17)10-1-11-24)18(25)13-4-8-15(9-5-13)23(28)29/h2-9,17,24-25H,1,10-11H2/b18-16-. The number of Topliss-reactive ketones (excluding diaryl/α,β-unsaturated/α-hetero) is 1. The van der Waals surface area contributed by atoms with Crippen LogP contribution < -0.4 is 0 Å². The minimum absolute atomic E-state index is 0.0557. The molecule has 0 bridgehead atoms. The van der Waals surface area contributed by atoms with Crippen molar-refractivity contribution in [1.29, 1.82) is 0 Å². The molecule has 0 radical (unpaired) electrons. The molecule has 2 aromatic rings. The molecular formula is C20H17FN2O6. The van der Waals surface area contributed by atoms with Gasteiger partial charge in [0.15, 0.2) is 0 Å². The Morgan fingerprint density at radius 3 is 2.28 bits per heavy atom. The minimum atomic E-state index is -0.975. The highest BCUT2D eigenvalue weighted by Gasteiger charge is 2.45. The number of likely N-dealkylation sites (tertiary alicyclic amines) is 1. The highest BCUT2D eigenvalue weighted by Crippen LogP contribution is 2.39. The largest absolute Gasteiger partial charge is 0.507 e. The van der Waals surface area contributed by atoms with Crippen molar-refractivity contribution >= 4 is 23.1 Å². The molecule has 0 aliphatic carbocycles. The van der Waals surface area contributed by atoms with E-state index in [4.69, 9.17) is 5.11 Å². The van der Waals surface area contributed by atoms with Crippen molar-refractivity contribution in [3.8, 4) is 0 Å². The number of aliphatic hydroxyl groups is 2. The summed E-state index contributed by atoms with van der Waals surface area (Å²) in [5.74, 6) is -2.76. The second-order valence-electron chi connectivity index (χ2n) is 6.43. The second-order valence-corrected chi connectivity index (χ2v) is 6.43. The molecule has 2 N–H and O–H groups in total. The van der Waals surface area contributed by atoms with Crippen LogP contribution in [0.2, 0.25) is 0 Å². The van der Waals surface area contributed by atoms with Gasteiger partial charge in [0.05, 0.1) is 16.5 Å². The molecule has 1 saturated heterocycles. The zero-order valence-electron chi connectivity index (χ0n) is 15.1. The van der Waals surface area contributed by atoms with Crippen molar-refractivity contribution < 1.29 is 29.1 Å². The lowest BCUT2D eigenvalue weighted by Gasteiger charge is -2.25. The van der Waals surface area contributed by atoms with Crippen molar-refractivity contribution in [2.75, 3.05) is 13.2 Å². The lowest BCUT2D eigenvalue weighted by Crippen LogP contribution is -2.31. The lowest BCUT2D eigenvalue weighted by atomic mass is 9.95. The Morgan fingerprint density at radius 2 is 1.72 bits per heavy atom. The van der Waals surface area contributed by atoms with E-state index in [1.54, 1.807) is 0 Å². The number of nitrogens with zero attached hydrogens (tertiary/aromatic N) is 2. The summed E-state index contributed by atoms with van der Waals surface area (Å²) in [6.45, 7) is -0.151. The Balaban J connectivity index is 2.12. The van der Waals surface area contributed by atoms with Crippen LogP contribution in [0.5, 0.6) is 0 Å². The predicted molar refractivity (Wildman–Crippen MR) is 100 cm³/mol. The molecule has 9 heteroatoms. The topological polar surface area (TPSA) is 121 Å². The molecule has 2 aromatic carbocycles. The summed E-state index contributed by atoms with van der Waals surface area (Å²) in [4.78, 5) is 36.6. The van der Waals surface area contributed by atoms with Crippen LogP contribution in [-0.4, -0.2) is 44.9 Å². The van der Waals surface area contributed by atoms with Crippen LogP contribution in [0.25, 0.3) is 5.76 Å². The van der Waals surface area contributed by atoms with Gasteiger partial charge < -0.3 is 15.1 Å². The number of nitro benzene ring substituents is 1. The number of non-ortho nitro benzene ring substituents is 1. The van der Waals surface area contributed by atoms with Gasteiger partial charge in [0.2, 0.25) is 0 Å². The number of benzene rings is 2. The van der Waals surface area contributed by atoms with Crippen LogP contribution >= 0.6 is 0 Å². The molecule has 150 valence electrons. The highest BCUT2D eigenvalue weighted by atomic mass is 19.1. The average Bonchev–Trinajstić information content (AvgIpc) is 2.97. The van der Waals surface area contributed by atoms with Crippen molar-refractivity contribution in [3.05, 3.63) is 81.2 Å². The summed E-state index contributed by atoms with van der Waals surface area (Å²) < 4.78 is 13.4. The number of amides is 1. The predicted octanol–water partition coefficient (Wildman–Crippen LogP) is 2.54. The van der Waals surface area contributed by atoms with Gasteiger partial charge >= 0.3 is 0 Å². The first-order valence-electron chi connectivity index (χ1n) is 8.74. The molecule has 0 saturated carbocycles. The van der Waals surface area contributed by atoms with E-state index >= 15 is 0 Å². The van der Waals surface area contributed by atoms with Gasteiger partial charge in [-0.1, -0.05) is 12.1 Å². The summed E-state index contributed by atoms with van der Waals surface area (Å²) in [7, 11) is 0. The van der Waals surface area contributed by atoms with Crippen LogP contribution in [0.3, 0.4) is 0 Å². The second kappa shape index (κ2) is 8.19. The number of rotatable bonds is 6. The fourth-order valence-corrected chi connectivity index (χ4v) is 3.24. The summed E-state index contributed by atoms with van der Waals surface area (Å²) in [5, 5.41) is 30.7. The molecular weight excluding hydrogens is 383 g/mol. The van der Waals surface area contributed by atoms with Gasteiger partial charge in [-0.3, -0.25) is 19.7 Å². The van der Waals surface area contributed by atoms with E-state index in [2.05, 4.69) is 0 Å². The molecule has 1 atom stereocenters. The van der Waals surface area contributed by atoms with Gasteiger partial charge in [-0.05, 0) is 36.2 Å². The fraction of sp³-hybridized carbons (Fsp3) is 0.200. The molecule has 29 heavy (non-hydrogen) atoms. The number of ketones is 1. The maximum absolute atomic E-state index is 13.4. The molecule has 3 rings (SSSR count). The number of hydrogen-bond donors (Lipinski definition) is 2. The Kier molecular flexibility index (Phi) is 5.69. The summed E-state index contributed by atoms with van der Waals surface area (Å²) >= 11 is 0. The first-order chi connectivity index (χ1) is 13.8. The number of aliphatic hydroxyl groups excluding tert-OH is 2. The van der Waals surface area contributed by atoms with Gasteiger partial charge in [-0.15, -0.1) is 0 Å². The number of nitro groups is 1. The van der Waals surface area contributed by atoms with Gasteiger partial charge in [0, 0.05) is 30.8 Å². The normalized spacial score (nSPS) is 18.3. The summed E-state index contributed by atoms with van der Waals surface area (Å²) in [5.41, 5.74) is 0.142. The first-order valence-corrected chi connectivity index (χ1v) is 8.74. The number of halogens is 1. The molecule has 0 spiro atoms. The monoisotopic (exact) mass is 400 g/mol. The van der Waals surface area contributed by atoms with Crippen molar-refractivity contribution in [2.45, 2.75) is 12.5 Å². The molecule has 1 amide bonds. The van der Waals surface area contributed by atoms with Crippen LogP contribution in [0.1, 0.15) is 23.6 Å². The van der Waals surface area contributed by atoms with Gasteiger partial charge in [-0.25, -0.2) is 4.39 Å². The van der Waals surface area contributed by atoms with E-state index in [1.165, 1.54) is 53.4 Å². The highest BCUT2D eigenvalue weighted by molar-refractivity contribution is 6.46. The Labute approximate surface area is 164 Å². The van der Waals surface area contributed by atoms with Crippen molar-refractivity contribution in [1.82, 2.24) is 4.90 Å². The number of carbonyl (C=O) groups excluding carboxylic acids is 2. The zero-order chi connectivity index (χ0) is 21.1. The third kappa shape index (κ3) is 3.85. The molecule has 0 aromatic heterocycles. The van der Waals surface area contributed by atoms with E-state index in [0.29, 0.717) is 5.56 Å². The van der Waals surface area contributed by atoms with Gasteiger partial charge in [0.25, 0.3) is 17.4 Å². The smallest absolute Gasteiger partial charge is 0.295 e. The van der Waals surface area contributed by atoms with E-state index < -0.39 is 34.2 Å². The maximum Gasteiger partial charge on any atom is 0.295 e. The maximum atomic E-state index is 13.4. The van der Waals surface area contributed by atoms with E-state index in [0.717, 1.165) is 0 Å². The molecule has 1 aliphatic rings. The molecule has 1 fully saturated rings. The Hall–Kier alpha value is -3.59.